The van der Waals surface area contributed by atoms with E-state index in [1.54, 1.807) is 0 Å². The van der Waals surface area contributed by atoms with Crippen LogP contribution in [0.1, 0.15) is 56.9 Å². The summed E-state index contributed by atoms with van der Waals surface area (Å²) in [4.78, 5) is 26.2. The molecule has 1 aliphatic rings. The van der Waals surface area contributed by atoms with Crippen LogP contribution in [0.3, 0.4) is 0 Å². The third-order valence-electron chi connectivity index (χ3n) is 7.36. The molecular formula is C25H40N4O3Si. The minimum Gasteiger partial charge on any atom is -0.413 e. The van der Waals surface area contributed by atoms with Gasteiger partial charge in [0.15, 0.2) is 8.32 Å². The van der Waals surface area contributed by atoms with Gasteiger partial charge in [0.25, 0.3) is 5.91 Å². The topological polar surface area (TPSA) is 98.4 Å². The van der Waals surface area contributed by atoms with Crippen LogP contribution < -0.4 is 16.4 Å². The minimum atomic E-state index is -1.94. The quantitative estimate of drug-likeness (QED) is 0.421. The van der Waals surface area contributed by atoms with Crippen molar-refractivity contribution in [1.82, 2.24) is 15.2 Å². The van der Waals surface area contributed by atoms with E-state index in [0.717, 1.165) is 36.6 Å². The van der Waals surface area contributed by atoms with E-state index in [4.69, 9.17) is 10.2 Å². The lowest BCUT2D eigenvalue weighted by Gasteiger charge is -2.37. The van der Waals surface area contributed by atoms with Gasteiger partial charge in [-0.3, -0.25) is 9.59 Å². The van der Waals surface area contributed by atoms with Gasteiger partial charge in [0.2, 0.25) is 5.91 Å². The Morgan fingerprint density at radius 2 is 1.88 bits per heavy atom. The molecule has 2 amide bonds. The van der Waals surface area contributed by atoms with Crippen LogP contribution in [0.15, 0.2) is 30.3 Å². The number of carbonyl (C=O) groups is 2. The molecule has 8 heteroatoms. The largest absolute Gasteiger partial charge is 0.413 e. The molecule has 3 rings (SSSR count). The number of nitrogens with one attached hydrogen (secondary N) is 2. The van der Waals surface area contributed by atoms with E-state index in [0.29, 0.717) is 12.3 Å². The molecule has 3 atom stereocenters. The summed E-state index contributed by atoms with van der Waals surface area (Å²) in [6, 6.07) is 9.61. The summed E-state index contributed by atoms with van der Waals surface area (Å²) >= 11 is 0. The number of nitrogens with zero attached hydrogens (tertiary/aromatic N) is 1. The van der Waals surface area contributed by atoms with Crippen molar-refractivity contribution in [1.29, 1.82) is 0 Å². The summed E-state index contributed by atoms with van der Waals surface area (Å²) in [5, 5.41) is 7.17. The summed E-state index contributed by atoms with van der Waals surface area (Å²) in [5.41, 5.74) is 7.81. The number of benzene rings is 1. The van der Waals surface area contributed by atoms with E-state index in [1.807, 2.05) is 41.9 Å². The SMILES string of the molecule is Cn1c(C(=O)N[C@H]2CCCC[C@H]2C(=O)N[C@H](N)CO[Si](C)(C)C(C)(C)C)cc2ccccc21. The van der Waals surface area contributed by atoms with Crippen LogP contribution in [0.25, 0.3) is 10.9 Å². The number of amides is 2. The van der Waals surface area contributed by atoms with Gasteiger partial charge in [0.05, 0.1) is 18.7 Å². The molecule has 0 radical (unpaired) electrons. The van der Waals surface area contributed by atoms with Gasteiger partial charge in [-0.2, -0.15) is 0 Å². The fourth-order valence-corrected chi connectivity index (χ4v) is 5.24. The molecule has 7 nitrogen and oxygen atoms in total. The highest BCUT2D eigenvalue weighted by atomic mass is 28.4. The Kier molecular flexibility index (Phi) is 7.71. The van der Waals surface area contributed by atoms with Gasteiger partial charge < -0.3 is 25.4 Å². The maximum Gasteiger partial charge on any atom is 0.268 e. The predicted octanol–water partition coefficient (Wildman–Crippen LogP) is 3.89. The second-order valence-electron chi connectivity index (χ2n) is 10.8. The number of carbonyl (C=O) groups excluding carboxylic acids is 2. The number of fused-ring (bicyclic) bond motifs is 1. The van der Waals surface area contributed by atoms with Gasteiger partial charge in [0.1, 0.15) is 5.69 Å². The monoisotopic (exact) mass is 472 g/mol. The number of hydrogen-bond donors (Lipinski definition) is 3. The standard InChI is InChI=1S/C25H40N4O3Si/c1-25(2,3)33(5,6)32-16-22(26)28-23(30)18-12-8-9-13-19(18)27-24(31)21-15-17-11-7-10-14-20(17)29(21)4/h7,10-11,14-15,18-19,22H,8-9,12-13,16,26H2,1-6H3,(H,27,31)(H,28,30)/t18-,19+,22+/m1/s1. The first kappa shape index (κ1) is 25.5. The molecule has 0 saturated heterocycles. The molecule has 0 aliphatic heterocycles. The molecule has 0 unspecified atom stereocenters. The Balaban J connectivity index is 1.62. The molecule has 33 heavy (non-hydrogen) atoms. The molecule has 0 bridgehead atoms. The second-order valence-corrected chi connectivity index (χ2v) is 15.6. The normalized spacial score (nSPS) is 20.5. The number of aryl methyl sites for hydroxylation is 1. The second kappa shape index (κ2) is 9.99. The Morgan fingerprint density at radius 1 is 1.21 bits per heavy atom. The lowest BCUT2D eigenvalue weighted by Crippen LogP contribution is -2.54. The summed E-state index contributed by atoms with van der Waals surface area (Å²) in [6.07, 6.45) is 2.91. The fraction of sp³-hybridized carbons (Fsp3) is 0.600. The third kappa shape index (κ3) is 5.86. The van der Waals surface area contributed by atoms with Crippen molar-refractivity contribution < 1.29 is 14.0 Å². The van der Waals surface area contributed by atoms with E-state index in [1.165, 1.54) is 0 Å². The molecule has 1 heterocycles. The lowest BCUT2D eigenvalue weighted by atomic mass is 9.83. The molecule has 1 saturated carbocycles. The van der Waals surface area contributed by atoms with Crippen LogP contribution in [-0.4, -0.2) is 43.5 Å². The Labute approximate surface area is 198 Å². The Hall–Kier alpha value is -2.16. The Bertz CT molecular complexity index is 995. The van der Waals surface area contributed by atoms with Gasteiger partial charge in [-0.05, 0) is 43.1 Å². The summed E-state index contributed by atoms with van der Waals surface area (Å²) in [5.74, 6) is -0.552. The number of aromatic nitrogens is 1. The first-order valence-corrected chi connectivity index (χ1v) is 14.9. The van der Waals surface area contributed by atoms with Gasteiger partial charge in [-0.25, -0.2) is 0 Å². The molecule has 1 aliphatic carbocycles. The van der Waals surface area contributed by atoms with Crippen molar-refractivity contribution in [3.8, 4) is 0 Å². The smallest absolute Gasteiger partial charge is 0.268 e. The van der Waals surface area contributed by atoms with E-state index in [-0.39, 0.29) is 28.8 Å². The first-order valence-electron chi connectivity index (χ1n) is 12.0. The fourth-order valence-electron chi connectivity index (χ4n) is 4.21. The predicted molar refractivity (Wildman–Crippen MR) is 135 cm³/mol. The molecule has 1 aromatic carbocycles. The molecular weight excluding hydrogens is 432 g/mol. The highest BCUT2D eigenvalue weighted by Crippen LogP contribution is 2.36. The van der Waals surface area contributed by atoms with Crippen LogP contribution in [0.2, 0.25) is 18.1 Å². The van der Waals surface area contributed by atoms with Gasteiger partial charge in [-0.15, -0.1) is 0 Å². The van der Waals surface area contributed by atoms with Crippen LogP contribution in [0.4, 0.5) is 0 Å². The van der Waals surface area contributed by atoms with Crippen LogP contribution >= 0.6 is 0 Å². The summed E-state index contributed by atoms with van der Waals surface area (Å²) < 4.78 is 8.06. The van der Waals surface area contributed by atoms with Crippen LogP contribution in [-0.2, 0) is 16.3 Å². The van der Waals surface area contributed by atoms with Crippen LogP contribution in [0.5, 0.6) is 0 Å². The van der Waals surface area contributed by atoms with Crippen molar-refractivity contribution in [2.75, 3.05) is 6.61 Å². The molecule has 182 valence electrons. The van der Waals surface area contributed by atoms with E-state index in [9.17, 15) is 9.59 Å². The maximum atomic E-state index is 13.1. The summed E-state index contributed by atoms with van der Waals surface area (Å²) in [7, 11) is -0.0488. The zero-order valence-corrected chi connectivity index (χ0v) is 21.9. The zero-order valence-electron chi connectivity index (χ0n) is 20.9. The van der Waals surface area contributed by atoms with Crippen molar-refractivity contribution in [2.45, 2.75) is 76.8 Å². The highest BCUT2D eigenvalue weighted by Gasteiger charge is 2.38. The lowest BCUT2D eigenvalue weighted by molar-refractivity contribution is -0.127. The first-order chi connectivity index (χ1) is 15.4. The number of rotatable bonds is 7. The van der Waals surface area contributed by atoms with Crippen LogP contribution in [0, 0.1) is 5.92 Å². The minimum absolute atomic E-state index is 0.0806. The van der Waals surface area contributed by atoms with Crippen molar-refractivity contribution in [3.05, 3.63) is 36.0 Å². The molecule has 1 aromatic heterocycles. The van der Waals surface area contributed by atoms with Gasteiger partial charge >= 0.3 is 0 Å². The number of para-hydroxylation sites is 1. The molecule has 4 N–H and O–H groups in total. The van der Waals surface area contributed by atoms with E-state index in [2.05, 4.69) is 44.5 Å². The average Bonchev–Trinajstić information content (AvgIpc) is 3.09. The van der Waals surface area contributed by atoms with Crippen molar-refractivity contribution in [3.63, 3.8) is 0 Å². The van der Waals surface area contributed by atoms with E-state index >= 15 is 0 Å². The zero-order chi connectivity index (χ0) is 24.4. The van der Waals surface area contributed by atoms with Gasteiger partial charge in [0, 0.05) is 24.0 Å². The third-order valence-corrected chi connectivity index (χ3v) is 11.9. The highest BCUT2D eigenvalue weighted by molar-refractivity contribution is 6.74. The number of hydrogen-bond acceptors (Lipinski definition) is 4. The molecule has 0 spiro atoms. The Morgan fingerprint density at radius 3 is 2.55 bits per heavy atom. The molecule has 1 fully saturated rings. The molecule has 2 aromatic rings. The summed E-state index contributed by atoms with van der Waals surface area (Å²) in [6.45, 7) is 11.2. The van der Waals surface area contributed by atoms with E-state index < -0.39 is 14.5 Å². The maximum absolute atomic E-state index is 13.1. The number of nitrogens with two attached hydrogens (primary N) is 1. The van der Waals surface area contributed by atoms with Crippen molar-refractivity contribution in [2.24, 2.45) is 18.7 Å². The van der Waals surface area contributed by atoms with Gasteiger partial charge in [-0.1, -0.05) is 51.8 Å². The average molecular weight is 473 g/mol. The van der Waals surface area contributed by atoms with Crippen molar-refractivity contribution >= 4 is 31.0 Å².